The first-order valence-corrected chi connectivity index (χ1v) is 11.7. The Bertz CT molecular complexity index is 1190. The Kier molecular flexibility index (Phi) is 6.23. The van der Waals surface area contributed by atoms with Crippen LogP contribution < -0.4 is 4.74 Å². The number of pyridine rings is 1. The van der Waals surface area contributed by atoms with E-state index in [1.165, 1.54) is 10.5 Å². The van der Waals surface area contributed by atoms with E-state index in [1.54, 1.807) is 13.3 Å². The van der Waals surface area contributed by atoms with Gasteiger partial charge in [-0.1, -0.05) is 0 Å². The third-order valence-corrected chi connectivity index (χ3v) is 6.66. The van der Waals surface area contributed by atoms with Gasteiger partial charge >= 0.3 is 6.09 Å². The average molecular weight is 467 g/mol. The molecule has 5 heterocycles. The van der Waals surface area contributed by atoms with Crippen molar-refractivity contribution in [1.29, 1.82) is 0 Å². The highest BCUT2D eigenvalue weighted by Gasteiger charge is 2.25. The molecule has 10 heteroatoms. The van der Waals surface area contributed by atoms with E-state index >= 15 is 0 Å². The van der Waals surface area contributed by atoms with Crippen LogP contribution in [0, 0.1) is 12.8 Å². The second-order valence-electron chi connectivity index (χ2n) is 9.01. The molecule has 0 bridgehead atoms. The predicted octanol–water partition coefficient (Wildman–Crippen LogP) is 2.95. The first-order valence-electron chi connectivity index (χ1n) is 11.7. The van der Waals surface area contributed by atoms with Crippen molar-refractivity contribution in [3.8, 4) is 22.8 Å². The highest BCUT2D eigenvalue weighted by Crippen LogP contribution is 2.31. The number of aryl methyl sites for hydroxylation is 1. The number of aromatic nitrogens is 5. The molecule has 0 spiro atoms. The maximum atomic E-state index is 11.4. The van der Waals surface area contributed by atoms with Crippen molar-refractivity contribution >= 4 is 6.09 Å². The molecule has 3 aromatic rings. The summed E-state index contributed by atoms with van der Waals surface area (Å²) in [6, 6.07) is 2.04. The van der Waals surface area contributed by atoms with Crippen LogP contribution in [0.2, 0.25) is 0 Å². The van der Waals surface area contributed by atoms with Crippen LogP contribution in [0.4, 0.5) is 4.79 Å². The minimum atomic E-state index is -0.843. The van der Waals surface area contributed by atoms with Crippen LogP contribution in [0.3, 0.4) is 0 Å². The lowest BCUT2D eigenvalue weighted by Gasteiger charge is -2.30. The van der Waals surface area contributed by atoms with Crippen LogP contribution in [0.5, 0.6) is 5.88 Å². The van der Waals surface area contributed by atoms with Gasteiger partial charge in [-0.2, -0.15) is 10.2 Å². The Hall–Kier alpha value is -3.40. The van der Waals surface area contributed by atoms with Crippen molar-refractivity contribution in [2.24, 2.45) is 5.92 Å². The summed E-state index contributed by atoms with van der Waals surface area (Å²) in [4.78, 5) is 17.3. The number of hydrogen-bond donors (Lipinski definition) is 1. The van der Waals surface area contributed by atoms with Gasteiger partial charge in [0.15, 0.2) is 0 Å². The van der Waals surface area contributed by atoms with Gasteiger partial charge in [0.2, 0.25) is 5.88 Å². The maximum absolute atomic E-state index is 11.4. The van der Waals surface area contributed by atoms with Crippen LogP contribution in [-0.2, 0) is 24.1 Å². The van der Waals surface area contributed by atoms with Crippen molar-refractivity contribution in [2.75, 3.05) is 33.4 Å². The van der Waals surface area contributed by atoms with E-state index in [2.05, 4.69) is 10.1 Å². The summed E-state index contributed by atoms with van der Waals surface area (Å²) >= 11 is 0. The molecule has 2 aliphatic rings. The molecule has 180 valence electrons. The summed E-state index contributed by atoms with van der Waals surface area (Å²) < 4.78 is 15.0. The topological polar surface area (TPSA) is 108 Å². The second kappa shape index (κ2) is 9.46. The first-order chi connectivity index (χ1) is 16.5. The number of nitrogens with zero attached hydrogens (tertiary/aromatic N) is 6. The minimum absolute atomic E-state index is 0.258. The molecule has 5 rings (SSSR count). The Morgan fingerprint density at radius 2 is 2.15 bits per heavy atom. The van der Waals surface area contributed by atoms with Crippen LogP contribution in [0.15, 0.2) is 24.7 Å². The van der Waals surface area contributed by atoms with E-state index in [4.69, 9.17) is 14.6 Å². The SMILES string of the molecule is COc1ncc(-n2nc(-c3cnn(CC4CCCN(C(=O)O)C4)c3)c3c2CCOCC3)cc1C. The molecule has 1 saturated heterocycles. The van der Waals surface area contributed by atoms with Gasteiger partial charge < -0.3 is 19.5 Å². The summed E-state index contributed by atoms with van der Waals surface area (Å²) in [5.74, 6) is 0.866. The van der Waals surface area contributed by atoms with Gasteiger partial charge in [-0.3, -0.25) is 4.68 Å². The Morgan fingerprint density at radius 3 is 2.94 bits per heavy atom. The van der Waals surface area contributed by atoms with Gasteiger partial charge in [-0.15, -0.1) is 0 Å². The third kappa shape index (κ3) is 4.37. The molecule has 3 aromatic heterocycles. The fourth-order valence-corrected chi connectivity index (χ4v) is 5.01. The number of methoxy groups -OCH3 is 1. The van der Waals surface area contributed by atoms with Crippen LogP contribution in [-0.4, -0.2) is 74.1 Å². The van der Waals surface area contributed by atoms with Gasteiger partial charge in [-0.25, -0.2) is 14.5 Å². The zero-order valence-corrected chi connectivity index (χ0v) is 19.6. The molecule has 0 saturated carbocycles. The number of ether oxygens (including phenoxy) is 2. The number of carboxylic acid groups (broad SMARTS) is 1. The number of fused-ring (bicyclic) bond motifs is 1. The Balaban J connectivity index is 1.45. The molecule has 2 aliphatic heterocycles. The maximum Gasteiger partial charge on any atom is 0.407 e. The second-order valence-corrected chi connectivity index (χ2v) is 9.01. The summed E-state index contributed by atoms with van der Waals surface area (Å²) in [5, 5.41) is 18.9. The lowest BCUT2D eigenvalue weighted by Crippen LogP contribution is -2.40. The van der Waals surface area contributed by atoms with Crippen LogP contribution in [0.1, 0.15) is 29.7 Å². The minimum Gasteiger partial charge on any atom is -0.481 e. The molecule has 10 nitrogen and oxygen atoms in total. The van der Waals surface area contributed by atoms with E-state index in [9.17, 15) is 9.90 Å². The van der Waals surface area contributed by atoms with Crippen molar-refractivity contribution in [3.63, 3.8) is 0 Å². The lowest BCUT2D eigenvalue weighted by atomic mass is 9.98. The van der Waals surface area contributed by atoms with Gasteiger partial charge in [0.1, 0.15) is 0 Å². The Morgan fingerprint density at radius 1 is 1.29 bits per heavy atom. The van der Waals surface area contributed by atoms with Crippen molar-refractivity contribution < 1.29 is 19.4 Å². The fraction of sp³-hybridized carbons (Fsp3) is 0.500. The molecule has 0 aromatic carbocycles. The first kappa shape index (κ1) is 22.4. The van der Waals surface area contributed by atoms with Gasteiger partial charge in [0.25, 0.3) is 0 Å². The molecule has 1 unspecified atom stereocenters. The molecule has 1 amide bonds. The standard InChI is InChI=1S/C24H30N6O4/c1-16-10-19(12-25-23(16)33-2)30-21-6-9-34-8-5-20(21)22(27-30)18-11-26-29(15-18)14-17-4-3-7-28(13-17)24(31)32/h10-12,15,17H,3-9,13-14H2,1-2H3,(H,31,32). The number of hydrogen-bond acceptors (Lipinski definition) is 6. The number of carbonyl (C=O) groups is 1. The number of piperidine rings is 1. The van der Waals surface area contributed by atoms with Gasteiger partial charge in [0.05, 0.1) is 49.8 Å². The molecule has 34 heavy (non-hydrogen) atoms. The highest BCUT2D eigenvalue weighted by molar-refractivity contribution is 5.65. The van der Waals surface area contributed by atoms with Gasteiger partial charge in [-0.05, 0) is 38.2 Å². The van der Waals surface area contributed by atoms with E-state index in [0.717, 1.165) is 53.9 Å². The monoisotopic (exact) mass is 466 g/mol. The summed E-state index contributed by atoms with van der Waals surface area (Å²) in [6.45, 7) is 5.14. The third-order valence-electron chi connectivity index (χ3n) is 6.66. The van der Waals surface area contributed by atoms with Crippen LogP contribution >= 0.6 is 0 Å². The largest absolute Gasteiger partial charge is 0.481 e. The average Bonchev–Trinajstić information content (AvgIpc) is 3.35. The smallest absolute Gasteiger partial charge is 0.407 e. The van der Waals surface area contributed by atoms with E-state index < -0.39 is 6.09 Å². The predicted molar refractivity (Wildman–Crippen MR) is 124 cm³/mol. The molecule has 0 radical (unpaired) electrons. The molecule has 1 N–H and O–H groups in total. The molecular weight excluding hydrogens is 436 g/mol. The zero-order chi connectivity index (χ0) is 23.7. The molecule has 1 fully saturated rings. The van der Waals surface area contributed by atoms with Crippen molar-refractivity contribution in [1.82, 2.24) is 29.4 Å². The van der Waals surface area contributed by atoms with Gasteiger partial charge in [0, 0.05) is 48.9 Å². The number of amides is 1. The highest BCUT2D eigenvalue weighted by atomic mass is 16.5. The Labute approximate surface area is 198 Å². The molecular formula is C24H30N6O4. The number of likely N-dealkylation sites (tertiary alicyclic amines) is 1. The van der Waals surface area contributed by atoms with E-state index in [-0.39, 0.29) is 5.92 Å². The number of rotatable bonds is 5. The normalized spacial score (nSPS) is 18.4. The van der Waals surface area contributed by atoms with Crippen LogP contribution in [0.25, 0.3) is 16.9 Å². The zero-order valence-electron chi connectivity index (χ0n) is 19.6. The summed E-state index contributed by atoms with van der Waals surface area (Å²) in [6.07, 6.45) is 8.27. The quantitative estimate of drug-likeness (QED) is 0.616. The molecule has 0 aliphatic carbocycles. The van der Waals surface area contributed by atoms with Crippen molar-refractivity contribution in [3.05, 3.63) is 41.5 Å². The lowest BCUT2D eigenvalue weighted by molar-refractivity contribution is 0.115. The summed E-state index contributed by atoms with van der Waals surface area (Å²) in [7, 11) is 1.62. The fourth-order valence-electron chi connectivity index (χ4n) is 5.01. The summed E-state index contributed by atoms with van der Waals surface area (Å²) in [5.41, 5.74) is 6.03. The molecule has 1 atom stereocenters. The van der Waals surface area contributed by atoms with Crippen molar-refractivity contribution in [2.45, 2.75) is 39.2 Å². The van der Waals surface area contributed by atoms with E-state index in [0.29, 0.717) is 38.7 Å². The van der Waals surface area contributed by atoms with E-state index in [1.807, 2.05) is 34.7 Å².